The van der Waals surface area contributed by atoms with Gasteiger partial charge in [-0.05, 0) is 41.9 Å². The van der Waals surface area contributed by atoms with E-state index < -0.39 is 4.92 Å². The summed E-state index contributed by atoms with van der Waals surface area (Å²) in [5.74, 6) is 0. The predicted molar refractivity (Wildman–Crippen MR) is 79.4 cm³/mol. The summed E-state index contributed by atoms with van der Waals surface area (Å²) in [5, 5.41) is 13.9. The molecule has 1 aromatic carbocycles. The van der Waals surface area contributed by atoms with Gasteiger partial charge in [-0.3, -0.25) is 10.1 Å². The molecule has 0 aliphatic carbocycles. The summed E-state index contributed by atoms with van der Waals surface area (Å²) in [7, 11) is 0. The quantitative estimate of drug-likeness (QED) is 0.492. The fourth-order valence-electron chi connectivity index (χ4n) is 2.25. The van der Waals surface area contributed by atoms with Crippen LogP contribution in [0.1, 0.15) is 12.8 Å². The number of halogens is 1. The maximum atomic E-state index is 10.7. The zero-order chi connectivity index (χ0) is 13.8. The number of nitrogen functional groups attached to an aromatic ring is 1. The Morgan fingerprint density at radius 1 is 1.42 bits per heavy atom. The van der Waals surface area contributed by atoms with Crippen molar-refractivity contribution in [1.29, 1.82) is 0 Å². The van der Waals surface area contributed by atoms with Crippen molar-refractivity contribution in [1.82, 2.24) is 4.90 Å². The first kappa shape index (κ1) is 14.1. The molecule has 6 nitrogen and oxygen atoms in total. The van der Waals surface area contributed by atoms with Crippen LogP contribution in [-0.2, 0) is 0 Å². The van der Waals surface area contributed by atoms with Crippen LogP contribution in [0.25, 0.3) is 0 Å². The molecule has 1 heterocycles. The van der Waals surface area contributed by atoms with E-state index in [1.807, 2.05) is 0 Å². The van der Waals surface area contributed by atoms with E-state index in [4.69, 9.17) is 5.73 Å². The Labute approximate surface area is 120 Å². The van der Waals surface area contributed by atoms with Gasteiger partial charge in [-0.2, -0.15) is 0 Å². The molecule has 2 rings (SSSR count). The van der Waals surface area contributed by atoms with Crippen LogP contribution in [0.4, 0.5) is 17.1 Å². The first-order valence-corrected chi connectivity index (χ1v) is 7.07. The van der Waals surface area contributed by atoms with Crippen LogP contribution >= 0.6 is 15.9 Å². The van der Waals surface area contributed by atoms with Gasteiger partial charge in [0.05, 0.1) is 16.3 Å². The van der Waals surface area contributed by atoms with Gasteiger partial charge in [0.1, 0.15) is 0 Å². The molecule has 1 aliphatic rings. The highest BCUT2D eigenvalue weighted by molar-refractivity contribution is 9.10. The molecule has 0 atom stereocenters. The highest BCUT2D eigenvalue weighted by Gasteiger charge is 2.14. The monoisotopic (exact) mass is 328 g/mol. The molecule has 1 saturated heterocycles. The number of likely N-dealkylation sites (tertiary alicyclic amines) is 1. The van der Waals surface area contributed by atoms with Crippen molar-refractivity contribution >= 4 is 33.0 Å². The molecule has 0 amide bonds. The SMILES string of the molecule is Nc1cc([N+](=O)[O-])cc(Br)c1NCCN1CCCC1. The van der Waals surface area contributed by atoms with Crippen molar-refractivity contribution in [2.45, 2.75) is 12.8 Å². The lowest BCUT2D eigenvalue weighted by Gasteiger charge is -2.16. The largest absolute Gasteiger partial charge is 0.397 e. The van der Waals surface area contributed by atoms with Crippen LogP contribution in [0.3, 0.4) is 0 Å². The van der Waals surface area contributed by atoms with Crippen LogP contribution < -0.4 is 11.1 Å². The minimum atomic E-state index is -0.449. The minimum absolute atomic E-state index is 0.00512. The number of hydrogen-bond donors (Lipinski definition) is 2. The number of hydrogen-bond acceptors (Lipinski definition) is 5. The lowest BCUT2D eigenvalue weighted by Crippen LogP contribution is -2.26. The van der Waals surface area contributed by atoms with E-state index in [9.17, 15) is 10.1 Å². The molecule has 0 radical (unpaired) electrons. The molecule has 0 unspecified atom stereocenters. The Hall–Kier alpha value is -1.34. The summed E-state index contributed by atoms with van der Waals surface area (Å²) in [4.78, 5) is 12.6. The van der Waals surface area contributed by atoms with Crippen LogP contribution in [0.2, 0.25) is 0 Å². The standard InChI is InChI=1S/C12H17BrN4O2/c13-10-7-9(17(18)19)8-11(14)12(10)15-3-6-16-4-1-2-5-16/h7-8,15H,1-6,14H2. The summed E-state index contributed by atoms with van der Waals surface area (Å²) in [6, 6.07) is 2.84. The van der Waals surface area contributed by atoms with Crippen molar-refractivity contribution in [3.63, 3.8) is 0 Å². The molecule has 7 heteroatoms. The average molecular weight is 329 g/mol. The number of anilines is 2. The molecule has 0 saturated carbocycles. The van der Waals surface area contributed by atoms with Gasteiger partial charge >= 0.3 is 0 Å². The molecule has 19 heavy (non-hydrogen) atoms. The van der Waals surface area contributed by atoms with Crippen molar-refractivity contribution < 1.29 is 4.92 Å². The van der Waals surface area contributed by atoms with Gasteiger partial charge in [-0.15, -0.1) is 0 Å². The maximum Gasteiger partial charge on any atom is 0.272 e. The molecule has 104 valence electrons. The predicted octanol–water partition coefficient (Wildman–Crippen LogP) is 2.45. The highest BCUT2D eigenvalue weighted by atomic mass is 79.9. The maximum absolute atomic E-state index is 10.7. The van der Waals surface area contributed by atoms with Gasteiger partial charge in [0, 0.05) is 29.7 Å². The van der Waals surface area contributed by atoms with Crippen molar-refractivity contribution in [3.05, 3.63) is 26.7 Å². The number of nitro benzene ring substituents is 1. The summed E-state index contributed by atoms with van der Waals surface area (Å²) in [6.45, 7) is 4.04. The second-order valence-electron chi connectivity index (χ2n) is 4.62. The first-order chi connectivity index (χ1) is 9.08. The summed E-state index contributed by atoms with van der Waals surface area (Å²) in [6.07, 6.45) is 2.53. The minimum Gasteiger partial charge on any atom is -0.397 e. The van der Waals surface area contributed by atoms with Gasteiger partial charge < -0.3 is 16.0 Å². The Bertz CT molecular complexity index is 452. The van der Waals surface area contributed by atoms with Gasteiger partial charge in [-0.1, -0.05) is 0 Å². The summed E-state index contributed by atoms with van der Waals surface area (Å²) in [5.41, 5.74) is 6.96. The third-order valence-corrected chi connectivity index (χ3v) is 3.87. The van der Waals surface area contributed by atoms with E-state index in [1.165, 1.54) is 25.0 Å². The lowest BCUT2D eigenvalue weighted by atomic mass is 10.2. The Morgan fingerprint density at radius 2 is 2.11 bits per heavy atom. The van der Waals surface area contributed by atoms with E-state index in [-0.39, 0.29) is 5.69 Å². The molecule has 1 aromatic rings. The van der Waals surface area contributed by atoms with E-state index in [0.717, 1.165) is 31.9 Å². The van der Waals surface area contributed by atoms with Crippen molar-refractivity contribution in [2.75, 3.05) is 37.2 Å². The van der Waals surface area contributed by atoms with Crippen LogP contribution in [-0.4, -0.2) is 36.0 Å². The second-order valence-corrected chi connectivity index (χ2v) is 5.48. The van der Waals surface area contributed by atoms with E-state index in [1.54, 1.807) is 0 Å². The first-order valence-electron chi connectivity index (χ1n) is 6.27. The molecule has 1 aliphatic heterocycles. The lowest BCUT2D eigenvalue weighted by molar-refractivity contribution is -0.384. The fourth-order valence-corrected chi connectivity index (χ4v) is 2.85. The molecule has 3 N–H and O–H groups in total. The molecule has 0 bridgehead atoms. The average Bonchev–Trinajstić information content (AvgIpc) is 2.85. The van der Waals surface area contributed by atoms with Crippen LogP contribution in [0.5, 0.6) is 0 Å². The van der Waals surface area contributed by atoms with Crippen molar-refractivity contribution in [3.8, 4) is 0 Å². The zero-order valence-electron chi connectivity index (χ0n) is 10.6. The van der Waals surface area contributed by atoms with Gasteiger partial charge in [0.2, 0.25) is 0 Å². The van der Waals surface area contributed by atoms with Crippen molar-refractivity contribution in [2.24, 2.45) is 0 Å². The number of non-ortho nitro benzene ring substituents is 1. The smallest absolute Gasteiger partial charge is 0.272 e. The van der Waals surface area contributed by atoms with Crippen LogP contribution in [0, 0.1) is 10.1 Å². The van der Waals surface area contributed by atoms with E-state index >= 15 is 0 Å². The Kier molecular flexibility index (Phi) is 4.60. The number of nitrogens with two attached hydrogens (primary N) is 1. The van der Waals surface area contributed by atoms with Gasteiger partial charge in [0.25, 0.3) is 5.69 Å². The molecule has 0 aromatic heterocycles. The topological polar surface area (TPSA) is 84.4 Å². The summed E-state index contributed by atoms with van der Waals surface area (Å²) < 4.78 is 0.626. The van der Waals surface area contributed by atoms with E-state index in [0.29, 0.717) is 10.2 Å². The zero-order valence-corrected chi connectivity index (χ0v) is 12.1. The molecular formula is C12H17BrN4O2. The number of benzene rings is 1. The van der Waals surface area contributed by atoms with Gasteiger partial charge in [-0.25, -0.2) is 0 Å². The van der Waals surface area contributed by atoms with E-state index in [2.05, 4.69) is 26.1 Å². The highest BCUT2D eigenvalue weighted by Crippen LogP contribution is 2.33. The fraction of sp³-hybridized carbons (Fsp3) is 0.500. The third kappa shape index (κ3) is 3.57. The molecular weight excluding hydrogens is 312 g/mol. The number of rotatable bonds is 5. The normalized spacial score (nSPS) is 15.6. The number of nitro groups is 1. The Balaban J connectivity index is 1.97. The Morgan fingerprint density at radius 3 is 2.68 bits per heavy atom. The van der Waals surface area contributed by atoms with Crippen LogP contribution in [0.15, 0.2) is 16.6 Å². The number of nitrogens with zero attached hydrogens (tertiary/aromatic N) is 2. The molecule has 0 spiro atoms. The van der Waals surface area contributed by atoms with Gasteiger partial charge in [0.15, 0.2) is 0 Å². The number of nitrogens with one attached hydrogen (secondary N) is 1. The third-order valence-electron chi connectivity index (χ3n) is 3.24. The summed E-state index contributed by atoms with van der Waals surface area (Å²) >= 11 is 3.32. The molecule has 1 fully saturated rings. The second kappa shape index (κ2) is 6.21.